The van der Waals surface area contributed by atoms with Crippen LogP contribution in [0.3, 0.4) is 0 Å². The molecule has 2 rings (SSSR count). The average molecular weight is 189 g/mol. The summed E-state index contributed by atoms with van der Waals surface area (Å²) in [6, 6.07) is 10.9. The Morgan fingerprint density at radius 3 is 2.43 bits per heavy atom. The highest BCUT2D eigenvalue weighted by Crippen LogP contribution is 2.31. The molecular formula is C11H16BNO. The van der Waals surface area contributed by atoms with E-state index in [9.17, 15) is 0 Å². The lowest BCUT2D eigenvalue weighted by Gasteiger charge is -2.19. The topological polar surface area (TPSA) is 12.5 Å². The van der Waals surface area contributed by atoms with E-state index in [1.165, 1.54) is 5.56 Å². The van der Waals surface area contributed by atoms with Crippen molar-refractivity contribution in [3.8, 4) is 0 Å². The molecule has 0 aromatic heterocycles. The Balaban J connectivity index is 2.21. The largest absolute Gasteiger partial charge is 0.413 e. The molecule has 0 N–H and O–H groups in total. The lowest BCUT2D eigenvalue weighted by Crippen LogP contribution is -2.32. The molecule has 2 atom stereocenters. The van der Waals surface area contributed by atoms with Crippen LogP contribution in [-0.2, 0) is 4.65 Å². The van der Waals surface area contributed by atoms with Gasteiger partial charge in [0.1, 0.15) is 0 Å². The van der Waals surface area contributed by atoms with Gasteiger partial charge in [0.2, 0.25) is 0 Å². The molecule has 0 saturated carbocycles. The third-order valence-corrected chi connectivity index (χ3v) is 3.13. The van der Waals surface area contributed by atoms with Gasteiger partial charge >= 0.3 is 7.05 Å². The molecule has 0 aliphatic carbocycles. The van der Waals surface area contributed by atoms with Gasteiger partial charge in [0.15, 0.2) is 0 Å². The number of nitrogens with zero attached hydrogens (tertiary/aromatic N) is 1. The molecule has 1 aromatic carbocycles. The van der Waals surface area contributed by atoms with Gasteiger partial charge in [-0.1, -0.05) is 30.3 Å². The van der Waals surface area contributed by atoms with Crippen molar-refractivity contribution in [1.82, 2.24) is 4.81 Å². The Bertz CT molecular complexity index is 303. The summed E-state index contributed by atoms with van der Waals surface area (Å²) in [7, 11) is 2.33. The van der Waals surface area contributed by atoms with E-state index in [0.29, 0.717) is 6.04 Å². The minimum Gasteiger partial charge on any atom is -0.413 e. The molecule has 1 aliphatic heterocycles. The Labute approximate surface area is 86.0 Å². The first-order valence-electron chi connectivity index (χ1n) is 5.12. The van der Waals surface area contributed by atoms with Crippen molar-refractivity contribution in [3.63, 3.8) is 0 Å². The molecule has 1 heterocycles. The minimum atomic E-state index is 0.218. The summed E-state index contributed by atoms with van der Waals surface area (Å²) in [4.78, 5) is 2.26. The van der Waals surface area contributed by atoms with Crippen molar-refractivity contribution in [1.29, 1.82) is 0 Å². The third-order valence-electron chi connectivity index (χ3n) is 3.13. The van der Waals surface area contributed by atoms with E-state index >= 15 is 0 Å². The summed E-state index contributed by atoms with van der Waals surface area (Å²) in [5.41, 5.74) is 1.27. The van der Waals surface area contributed by atoms with Gasteiger partial charge in [-0.2, -0.15) is 0 Å². The van der Waals surface area contributed by atoms with Crippen molar-refractivity contribution in [2.75, 3.05) is 7.05 Å². The molecule has 0 radical (unpaired) electrons. The van der Waals surface area contributed by atoms with Crippen LogP contribution in [0.1, 0.15) is 18.6 Å². The number of hydrogen-bond donors (Lipinski definition) is 0. The summed E-state index contributed by atoms with van der Waals surface area (Å²) in [5.74, 6) is 0. The molecule has 1 saturated heterocycles. The van der Waals surface area contributed by atoms with Gasteiger partial charge in [0.25, 0.3) is 0 Å². The van der Waals surface area contributed by atoms with E-state index in [1.807, 2.05) is 6.07 Å². The lowest BCUT2D eigenvalue weighted by atomic mass is 9.86. The van der Waals surface area contributed by atoms with E-state index in [4.69, 9.17) is 4.65 Å². The fourth-order valence-corrected chi connectivity index (χ4v) is 1.97. The second kappa shape index (κ2) is 3.75. The molecule has 0 bridgehead atoms. The van der Waals surface area contributed by atoms with E-state index in [2.05, 4.69) is 49.9 Å². The Morgan fingerprint density at radius 1 is 1.29 bits per heavy atom. The normalized spacial score (nSPS) is 28.4. The van der Waals surface area contributed by atoms with Gasteiger partial charge in [0, 0.05) is 6.04 Å². The fraction of sp³-hybridized carbons (Fsp3) is 0.455. The molecule has 0 amide bonds. The van der Waals surface area contributed by atoms with Crippen molar-refractivity contribution in [2.45, 2.75) is 25.9 Å². The molecule has 0 spiro atoms. The van der Waals surface area contributed by atoms with Crippen LogP contribution in [0.15, 0.2) is 30.3 Å². The van der Waals surface area contributed by atoms with E-state index in [0.717, 1.165) is 0 Å². The number of benzene rings is 1. The highest BCUT2D eigenvalue weighted by Gasteiger charge is 2.37. The molecule has 1 aliphatic rings. The summed E-state index contributed by atoms with van der Waals surface area (Å²) in [6.45, 7) is 4.31. The fourth-order valence-electron chi connectivity index (χ4n) is 1.97. The maximum absolute atomic E-state index is 5.90. The van der Waals surface area contributed by atoms with Crippen LogP contribution >= 0.6 is 0 Å². The van der Waals surface area contributed by atoms with E-state index in [1.54, 1.807) is 0 Å². The Kier molecular flexibility index (Phi) is 2.61. The predicted octanol–water partition coefficient (Wildman–Crippen LogP) is 2.20. The molecule has 74 valence electrons. The third kappa shape index (κ3) is 1.58. The van der Waals surface area contributed by atoms with Crippen LogP contribution in [0, 0.1) is 0 Å². The second-order valence-corrected chi connectivity index (χ2v) is 3.97. The predicted molar refractivity (Wildman–Crippen MR) is 59.1 cm³/mol. The Hall–Kier alpha value is -0.795. The zero-order valence-corrected chi connectivity index (χ0v) is 8.97. The molecular weight excluding hydrogens is 173 g/mol. The Morgan fingerprint density at radius 2 is 1.93 bits per heavy atom. The van der Waals surface area contributed by atoms with Crippen molar-refractivity contribution < 1.29 is 4.65 Å². The summed E-state index contributed by atoms with van der Waals surface area (Å²) in [6.07, 6.45) is 0.219. The van der Waals surface area contributed by atoms with Gasteiger partial charge in [-0.3, -0.25) is 0 Å². The maximum atomic E-state index is 5.90. The standard InChI is InChI=1S/C11H16BNO/c1-9-11(14-12(2)13(9)3)10-7-5-4-6-8-10/h4-9,11H,1-3H3/t9-,11-/m1/s1. The quantitative estimate of drug-likeness (QED) is 0.628. The molecule has 2 nitrogen and oxygen atoms in total. The highest BCUT2D eigenvalue weighted by atomic mass is 16.5. The molecule has 14 heavy (non-hydrogen) atoms. The first-order valence-corrected chi connectivity index (χ1v) is 5.12. The van der Waals surface area contributed by atoms with Crippen molar-refractivity contribution >= 4 is 7.05 Å². The van der Waals surface area contributed by atoms with Crippen molar-refractivity contribution in [2.24, 2.45) is 0 Å². The number of rotatable bonds is 1. The number of likely N-dealkylation sites (N-methyl/N-ethyl adjacent to an activating group) is 1. The molecule has 3 heteroatoms. The van der Waals surface area contributed by atoms with Crippen molar-refractivity contribution in [3.05, 3.63) is 35.9 Å². The van der Waals surface area contributed by atoms with Crippen LogP contribution in [0.4, 0.5) is 0 Å². The van der Waals surface area contributed by atoms with Gasteiger partial charge in [-0.15, -0.1) is 0 Å². The van der Waals surface area contributed by atoms with E-state index in [-0.39, 0.29) is 13.2 Å². The van der Waals surface area contributed by atoms with Crippen LogP contribution in [-0.4, -0.2) is 25.0 Å². The smallest absolute Gasteiger partial charge is 0.379 e. The first-order chi connectivity index (χ1) is 6.70. The molecule has 1 fully saturated rings. The van der Waals surface area contributed by atoms with Crippen LogP contribution < -0.4 is 0 Å². The van der Waals surface area contributed by atoms with Gasteiger partial charge in [0.05, 0.1) is 6.10 Å². The first kappa shape index (κ1) is 9.75. The molecule has 0 unspecified atom stereocenters. The lowest BCUT2D eigenvalue weighted by molar-refractivity contribution is 0.210. The SMILES string of the molecule is CB1O[C@@H](c2ccccc2)[C@@H](C)N1C. The second-order valence-electron chi connectivity index (χ2n) is 3.97. The monoisotopic (exact) mass is 189 g/mol. The van der Waals surface area contributed by atoms with Gasteiger partial charge in [-0.25, -0.2) is 0 Å². The molecule has 1 aromatic rings. The average Bonchev–Trinajstić information content (AvgIpc) is 2.47. The highest BCUT2D eigenvalue weighted by molar-refractivity contribution is 6.47. The zero-order valence-electron chi connectivity index (χ0n) is 8.97. The van der Waals surface area contributed by atoms with Gasteiger partial charge in [-0.05, 0) is 26.4 Å². The van der Waals surface area contributed by atoms with Crippen LogP contribution in [0.25, 0.3) is 0 Å². The maximum Gasteiger partial charge on any atom is 0.379 e. The summed E-state index contributed by atoms with van der Waals surface area (Å²) >= 11 is 0. The van der Waals surface area contributed by atoms with E-state index < -0.39 is 0 Å². The van der Waals surface area contributed by atoms with Gasteiger partial charge < -0.3 is 9.47 Å². The number of hydrogen-bond acceptors (Lipinski definition) is 2. The van der Waals surface area contributed by atoms with Crippen LogP contribution in [0.2, 0.25) is 6.82 Å². The van der Waals surface area contributed by atoms with Crippen LogP contribution in [0.5, 0.6) is 0 Å². The summed E-state index contributed by atoms with van der Waals surface area (Å²) < 4.78 is 5.90. The zero-order chi connectivity index (χ0) is 10.1. The summed E-state index contributed by atoms with van der Waals surface area (Å²) in [5, 5.41) is 0. The minimum absolute atomic E-state index is 0.218.